The third-order valence-electron chi connectivity index (χ3n) is 7.40. The number of benzene rings is 1. The fourth-order valence-electron chi connectivity index (χ4n) is 4.97. The van der Waals surface area contributed by atoms with Gasteiger partial charge in [0.2, 0.25) is 5.88 Å². The highest BCUT2D eigenvalue weighted by atomic mass is 35.5. The van der Waals surface area contributed by atoms with E-state index in [1.807, 2.05) is 42.0 Å². The first-order chi connectivity index (χ1) is 18.9. The van der Waals surface area contributed by atoms with Gasteiger partial charge >= 0.3 is 0 Å². The van der Waals surface area contributed by atoms with Crippen LogP contribution >= 0.6 is 11.6 Å². The van der Waals surface area contributed by atoms with E-state index in [-0.39, 0.29) is 11.7 Å². The van der Waals surface area contributed by atoms with E-state index in [4.69, 9.17) is 26.1 Å². The fraction of sp³-hybridized carbons (Fsp3) is 0.448. The lowest BCUT2D eigenvalue weighted by atomic mass is 10.2. The highest BCUT2D eigenvalue weighted by molar-refractivity contribution is 6.33. The predicted molar refractivity (Wildman–Crippen MR) is 149 cm³/mol. The molecule has 1 aliphatic carbocycles. The van der Waals surface area contributed by atoms with Crippen LogP contribution in [0.15, 0.2) is 42.9 Å². The summed E-state index contributed by atoms with van der Waals surface area (Å²) >= 11 is 6.83. The number of aryl methyl sites for hydroxylation is 1. The molecule has 0 radical (unpaired) electrons. The van der Waals surface area contributed by atoms with Crippen molar-refractivity contribution in [1.29, 1.82) is 0 Å². The molecule has 1 saturated heterocycles. The van der Waals surface area contributed by atoms with Crippen LogP contribution in [0.25, 0.3) is 22.6 Å². The summed E-state index contributed by atoms with van der Waals surface area (Å²) in [6, 6.07) is 9.72. The molecule has 1 N–H and O–H groups in total. The van der Waals surface area contributed by atoms with Crippen LogP contribution < -0.4 is 9.47 Å². The Morgan fingerprint density at radius 2 is 2.03 bits per heavy atom. The van der Waals surface area contributed by atoms with Gasteiger partial charge in [-0.1, -0.05) is 11.6 Å². The maximum atomic E-state index is 9.70. The molecule has 1 saturated carbocycles. The van der Waals surface area contributed by atoms with Crippen LogP contribution in [0.4, 0.5) is 0 Å². The minimum Gasteiger partial charge on any atom is -0.493 e. The van der Waals surface area contributed by atoms with Crippen molar-refractivity contribution in [1.82, 2.24) is 29.4 Å². The number of likely N-dealkylation sites (tertiary alicyclic amines) is 1. The number of fused-ring (bicyclic) bond motifs is 1. The van der Waals surface area contributed by atoms with Gasteiger partial charge in [-0.25, -0.2) is 9.97 Å². The number of hydrogen-bond acceptors (Lipinski definition) is 8. The minimum absolute atomic E-state index is 0.200. The topological polar surface area (TPSA) is 98.4 Å². The number of hydrogen-bond donors (Lipinski definition) is 1. The zero-order valence-electron chi connectivity index (χ0n) is 22.3. The molecule has 1 aliphatic heterocycles. The van der Waals surface area contributed by atoms with Gasteiger partial charge in [0.25, 0.3) is 0 Å². The summed E-state index contributed by atoms with van der Waals surface area (Å²) in [6.45, 7) is 7.78. The monoisotopic (exact) mass is 548 g/mol. The number of halogens is 1. The van der Waals surface area contributed by atoms with E-state index in [0.717, 1.165) is 62.1 Å². The summed E-state index contributed by atoms with van der Waals surface area (Å²) in [5, 5.41) is 10.2. The lowest BCUT2D eigenvalue weighted by molar-refractivity contribution is 0.173. The van der Waals surface area contributed by atoms with Crippen molar-refractivity contribution in [3.63, 3.8) is 0 Å². The number of β-amino-alcohol motifs (C(OH)–C–C–N with tert-alkyl or cyclic N) is 1. The molecule has 39 heavy (non-hydrogen) atoms. The van der Waals surface area contributed by atoms with Gasteiger partial charge in [-0.05, 0) is 75.4 Å². The summed E-state index contributed by atoms with van der Waals surface area (Å²) in [5.41, 5.74) is 3.88. The Hall–Kier alpha value is -3.27. The Kier molecular flexibility index (Phi) is 7.14. The number of aliphatic hydroxyl groups excluding tert-OH is 1. The van der Waals surface area contributed by atoms with Crippen molar-refractivity contribution >= 4 is 22.8 Å². The second-order valence-corrected chi connectivity index (χ2v) is 11.2. The molecular formula is C29H33ClN6O3. The Labute approximate surface area is 232 Å². The first-order valence-electron chi connectivity index (χ1n) is 13.5. The first kappa shape index (κ1) is 26.0. The zero-order chi connectivity index (χ0) is 27.0. The predicted octanol–water partition coefficient (Wildman–Crippen LogP) is 4.67. The number of aromatic nitrogens is 5. The molecule has 9 nitrogen and oxygen atoms in total. The van der Waals surface area contributed by atoms with E-state index in [2.05, 4.69) is 32.8 Å². The average Bonchev–Trinajstić information content (AvgIpc) is 3.31. The summed E-state index contributed by atoms with van der Waals surface area (Å²) in [6.07, 6.45) is 6.85. The standard InChI is InChI=1S/C29H33ClN6O3/c1-19-6-10-31-20(14-19)16-36-26(34-25-27(36)32-18-33-28(25)39-29(2)8-9-29)23-5-4-22(15-24(23)30)38-13-3-11-35-12-7-21(37)17-35/h4-6,10,14-15,18,21,37H,3,7-9,11-13,16-17H2,1-2H3/t21-/m1/s1. The van der Waals surface area contributed by atoms with Crippen molar-refractivity contribution in [3.8, 4) is 23.0 Å². The van der Waals surface area contributed by atoms with Gasteiger partial charge in [0.15, 0.2) is 11.2 Å². The SMILES string of the molecule is Cc1ccnc(Cn2c(-c3ccc(OCCCN4CC[C@@H](O)C4)cc3Cl)nc3c(OC4(C)CC4)ncnc32)c1. The highest BCUT2D eigenvalue weighted by Gasteiger charge is 2.41. The minimum atomic E-state index is -0.200. The molecule has 0 amide bonds. The smallest absolute Gasteiger partial charge is 0.245 e. The summed E-state index contributed by atoms with van der Waals surface area (Å²) < 4.78 is 14.2. The van der Waals surface area contributed by atoms with Crippen molar-refractivity contribution in [2.75, 3.05) is 26.2 Å². The average molecular weight is 549 g/mol. The second-order valence-electron chi connectivity index (χ2n) is 10.8. The highest BCUT2D eigenvalue weighted by Crippen LogP contribution is 2.41. The van der Waals surface area contributed by atoms with Crippen molar-refractivity contribution in [2.24, 2.45) is 0 Å². The largest absolute Gasteiger partial charge is 0.493 e. The molecule has 2 aliphatic rings. The van der Waals surface area contributed by atoms with Crippen LogP contribution in [0, 0.1) is 6.92 Å². The molecule has 6 rings (SSSR count). The fourth-order valence-corrected chi connectivity index (χ4v) is 5.22. The van der Waals surface area contributed by atoms with Gasteiger partial charge in [0.05, 0.1) is 30.0 Å². The molecule has 1 aromatic carbocycles. The van der Waals surface area contributed by atoms with Crippen molar-refractivity contribution in [3.05, 3.63) is 59.1 Å². The third kappa shape index (κ3) is 5.85. The molecule has 0 unspecified atom stereocenters. The van der Waals surface area contributed by atoms with Gasteiger partial charge in [-0.15, -0.1) is 0 Å². The molecule has 4 heterocycles. The van der Waals surface area contributed by atoms with Crippen LogP contribution in [0.3, 0.4) is 0 Å². The third-order valence-corrected chi connectivity index (χ3v) is 7.72. The van der Waals surface area contributed by atoms with Crippen LogP contribution in [-0.2, 0) is 6.54 Å². The molecular weight excluding hydrogens is 516 g/mol. The van der Waals surface area contributed by atoms with Crippen LogP contribution in [0.2, 0.25) is 5.02 Å². The van der Waals surface area contributed by atoms with E-state index in [9.17, 15) is 5.11 Å². The normalized spacial score (nSPS) is 18.5. The lowest BCUT2D eigenvalue weighted by Crippen LogP contribution is -2.24. The first-order valence-corrected chi connectivity index (χ1v) is 13.9. The van der Waals surface area contributed by atoms with Crippen molar-refractivity contribution < 1.29 is 14.6 Å². The van der Waals surface area contributed by atoms with Gasteiger partial charge in [-0.2, -0.15) is 4.98 Å². The maximum absolute atomic E-state index is 9.70. The van der Waals surface area contributed by atoms with Gasteiger partial charge in [0, 0.05) is 31.4 Å². The second kappa shape index (κ2) is 10.7. The van der Waals surface area contributed by atoms with E-state index in [1.165, 1.54) is 6.33 Å². The van der Waals surface area contributed by atoms with E-state index >= 15 is 0 Å². The quantitative estimate of drug-likeness (QED) is 0.286. The maximum Gasteiger partial charge on any atom is 0.245 e. The van der Waals surface area contributed by atoms with Crippen LogP contribution in [0.5, 0.6) is 11.6 Å². The number of imidazole rings is 1. The molecule has 2 fully saturated rings. The molecule has 0 spiro atoms. The molecule has 10 heteroatoms. The lowest BCUT2D eigenvalue weighted by Gasteiger charge is -2.15. The number of aliphatic hydroxyl groups is 1. The Balaban J connectivity index is 1.28. The van der Waals surface area contributed by atoms with Gasteiger partial charge in [-0.3, -0.25) is 4.98 Å². The summed E-state index contributed by atoms with van der Waals surface area (Å²) in [4.78, 5) is 20.8. The van der Waals surface area contributed by atoms with Crippen LogP contribution in [0.1, 0.15) is 43.9 Å². The van der Waals surface area contributed by atoms with Gasteiger partial charge < -0.3 is 24.0 Å². The van der Waals surface area contributed by atoms with E-state index in [0.29, 0.717) is 46.8 Å². The van der Waals surface area contributed by atoms with Crippen LogP contribution in [-0.4, -0.2) is 72.5 Å². The molecule has 4 aromatic rings. The van der Waals surface area contributed by atoms with Crippen molar-refractivity contribution in [2.45, 2.75) is 57.8 Å². The zero-order valence-corrected chi connectivity index (χ0v) is 23.1. The number of nitrogens with zero attached hydrogens (tertiary/aromatic N) is 6. The Morgan fingerprint density at radius 3 is 2.77 bits per heavy atom. The molecule has 0 bridgehead atoms. The molecule has 1 atom stereocenters. The Bertz CT molecular complexity index is 1490. The number of rotatable bonds is 10. The number of pyridine rings is 1. The van der Waals surface area contributed by atoms with E-state index < -0.39 is 0 Å². The van der Waals surface area contributed by atoms with E-state index in [1.54, 1.807) is 0 Å². The number of ether oxygens (including phenoxy) is 2. The molecule has 204 valence electrons. The summed E-state index contributed by atoms with van der Waals surface area (Å²) in [7, 11) is 0. The van der Waals surface area contributed by atoms with Gasteiger partial charge in [0.1, 0.15) is 23.5 Å². The Morgan fingerprint density at radius 1 is 1.15 bits per heavy atom. The molecule has 3 aromatic heterocycles. The summed E-state index contributed by atoms with van der Waals surface area (Å²) in [5.74, 6) is 1.86.